The second kappa shape index (κ2) is 6.41. The van der Waals surface area contributed by atoms with Crippen molar-refractivity contribution in [2.24, 2.45) is 0 Å². The number of nitro groups is 2. The molecule has 0 radical (unpaired) electrons. The second-order valence-corrected chi connectivity index (χ2v) is 4.92. The minimum absolute atomic E-state index is 0.195. The van der Waals surface area contributed by atoms with Crippen LogP contribution in [0.2, 0.25) is 5.02 Å². The highest BCUT2D eigenvalue weighted by Crippen LogP contribution is 2.35. The molecule has 0 aliphatic heterocycles. The van der Waals surface area contributed by atoms with Crippen LogP contribution in [0.25, 0.3) is 0 Å². The van der Waals surface area contributed by atoms with Crippen LogP contribution in [0.4, 0.5) is 17.1 Å². The Labute approximate surface area is 135 Å². The molecule has 2 aromatic rings. The molecular weight excluding hydrogens is 326 g/mol. The summed E-state index contributed by atoms with van der Waals surface area (Å²) in [4.78, 5) is 33.9. The number of anilines is 1. The van der Waals surface area contributed by atoms with E-state index >= 15 is 0 Å². The van der Waals surface area contributed by atoms with Crippen molar-refractivity contribution >= 4 is 34.6 Å². The van der Waals surface area contributed by atoms with Gasteiger partial charge in [-0.2, -0.15) is 0 Å². The molecule has 0 fully saturated rings. The first kappa shape index (κ1) is 16.4. The Morgan fingerprint density at radius 3 is 1.96 bits per heavy atom. The average Bonchev–Trinajstić information content (AvgIpc) is 2.54. The van der Waals surface area contributed by atoms with Gasteiger partial charge in [0.2, 0.25) is 0 Å². The number of rotatable bonds is 4. The SMILES string of the molecule is CN(C(=O)c1cc([N+](=O)[O-])c(Cl)c([N+](=O)[O-])c1)c1ccccc1. The van der Waals surface area contributed by atoms with E-state index in [0.29, 0.717) is 5.69 Å². The molecule has 8 nitrogen and oxygen atoms in total. The lowest BCUT2D eigenvalue weighted by atomic mass is 10.1. The Morgan fingerprint density at radius 1 is 1.04 bits per heavy atom. The molecule has 0 saturated heterocycles. The topological polar surface area (TPSA) is 107 Å². The average molecular weight is 336 g/mol. The Hall–Kier alpha value is -3.00. The molecule has 0 heterocycles. The number of amides is 1. The molecule has 0 aromatic heterocycles. The lowest BCUT2D eigenvalue weighted by molar-refractivity contribution is -0.393. The maximum absolute atomic E-state index is 12.4. The Kier molecular flexibility index (Phi) is 4.56. The van der Waals surface area contributed by atoms with E-state index in [2.05, 4.69) is 0 Å². The van der Waals surface area contributed by atoms with E-state index < -0.39 is 32.2 Å². The molecule has 23 heavy (non-hydrogen) atoms. The predicted octanol–water partition coefficient (Wildman–Crippen LogP) is 3.43. The summed E-state index contributed by atoms with van der Waals surface area (Å²) < 4.78 is 0. The Balaban J connectivity index is 2.52. The number of hydrogen-bond acceptors (Lipinski definition) is 5. The number of carbonyl (C=O) groups is 1. The third-order valence-corrected chi connectivity index (χ3v) is 3.51. The minimum atomic E-state index is -0.866. The summed E-state index contributed by atoms with van der Waals surface area (Å²) in [6, 6.07) is 10.4. The van der Waals surface area contributed by atoms with Gasteiger partial charge in [0.1, 0.15) is 0 Å². The van der Waals surface area contributed by atoms with Gasteiger partial charge < -0.3 is 4.90 Å². The molecular formula is C14H10ClN3O5. The van der Waals surface area contributed by atoms with Gasteiger partial charge in [-0.1, -0.05) is 29.8 Å². The number of nitrogens with zero attached hydrogens (tertiary/aromatic N) is 3. The molecule has 0 atom stereocenters. The fourth-order valence-corrected chi connectivity index (χ4v) is 2.19. The molecule has 0 aliphatic carbocycles. The summed E-state index contributed by atoms with van der Waals surface area (Å²) in [5.41, 5.74) is -1.03. The van der Waals surface area contributed by atoms with Gasteiger partial charge in [0, 0.05) is 24.9 Å². The van der Waals surface area contributed by atoms with Crippen molar-refractivity contribution in [3.05, 3.63) is 73.3 Å². The summed E-state index contributed by atoms with van der Waals surface area (Å²) in [6.07, 6.45) is 0. The molecule has 0 spiro atoms. The van der Waals surface area contributed by atoms with Crippen molar-refractivity contribution in [1.29, 1.82) is 0 Å². The monoisotopic (exact) mass is 335 g/mol. The van der Waals surface area contributed by atoms with E-state index in [0.717, 1.165) is 12.1 Å². The predicted molar refractivity (Wildman–Crippen MR) is 83.9 cm³/mol. The third-order valence-electron chi connectivity index (χ3n) is 3.12. The molecule has 118 valence electrons. The van der Waals surface area contributed by atoms with Crippen LogP contribution in [0, 0.1) is 20.2 Å². The highest BCUT2D eigenvalue weighted by Gasteiger charge is 2.28. The zero-order valence-electron chi connectivity index (χ0n) is 11.8. The van der Waals surface area contributed by atoms with Gasteiger partial charge in [0.25, 0.3) is 17.3 Å². The van der Waals surface area contributed by atoms with Crippen LogP contribution in [0.1, 0.15) is 10.4 Å². The van der Waals surface area contributed by atoms with E-state index in [1.807, 2.05) is 0 Å². The third kappa shape index (κ3) is 3.27. The summed E-state index contributed by atoms with van der Waals surface area (Å²) in [5.74, 6) is -0.626. The lowest BCUT2D eigenvalue weighted by Gasteiger charge is -2.17. The molecule has 2 rings (SSSR count). The first-order chi connectivity index (χ1) is 10.8. The Bertz CT molecular complexity index is 759. The van der Waals surface area contributed by atoms with E-state index in [-0.39, 0.29) is 5.56 Å². The van der Waals surface area contributed by atoms with E-state index in [1.54, 1.807) is 30.3 Å². The maximum Gasteiger partial charge on any atom is 0.295 e. The number of para-hydroxylation sites is 1. The highest BCUT2D eigenvalue weighted by molar-refractivity contribution is 6.35. The summed E-state index contributed by atoms with van der Waals surface area (Å²) >= 11 is 5.66. The molecule has 9 heteroatoms. The van der Waals surface area contributed by atoms with Crippen molar-refractivity contribution in [3.63, 3.8) is 0 Å². The van der Waals surface area contributed by atoms with Crippen LogP contribution in [0.3, 0.4) is 0 Å². The maximum atomic E-state index is 12.4. The van der Waals surface area contributed by atoms with Crippen molar-refractivity contribution < 1.29 is 14.6 Å². The standard InChI is InChI=1S/C14H10ClN3O5/c1-16(10-5-3-2-4-6-10)14(19)9-7-11(17(20)21)13(15)12(8-9)18(22)23/h2-8H,1H3. The van der Waals surface area contributed by atoms with Crippen LogP contribution in [-0.4, -0.2) is 22.8 Å². The van der Waals surface area contributed by atoms with Crippen molar-refractivity contribution in [2.75, 3.05) is 11.9 Å². The number of benzene rings is 2. The Morgan fingerprint density at radius 2 is 1.52 bits per heavy atom. The van der Waals surface area contributed by atoms with Gasteiger partial charge in [-0.05, 0) is 12.1 Å². The number of nitro benzene ring substituents is 2. The quantitative estimate of drug-likeness (QED) is 0.628. The summed E-state index contributed by atoms with van der Waals surface area (Å²) in [6.45, 7) is 0. The van der Waals surface area contributed by atoms with Gasteiger partial charge in [-0.25, -0.2) is 0 Å². The van der Waals surface area contributed by atoms with Crippen LogP contribution < -0.4 is 4.90 Å². The first-order valence-corrected chi connectivity index (χ1v) is 6.66. The molecule has 0 bridgehead atoms. The number of carbonyl (C=O) groups excluding carboxylic acids is 1. The van der Waals surface area contributed by atoms with Crippen LogP contribution in [0.5, 0.6) is 0 Å². The minimum Gasteiger partial charge on any atom is -0.311 e. The number of hydrogen-bond donors (Lipinski definition) is 0. The molecule has 1 amide bonds. The highest BCUT2D eigenvalue weighted by atomic mass is 35.5. The normalized spacial score (nSPS) is 10.2. The molecule has 0 saturated carbocycles. The van der Waals surface area contributed by atoms with Gasteiger partial charge in [-0.3, -0.25) is 25.0 Å². The zero-order chi connectivity index (χ0) is 17.1. The smallest absolute Gasteiger partial charge is 0.295 e. The van der Waals surface area contributed by atoms with Crippen LogP contribution >= 0.6 is 11.6 Å². The molecule has 2 aromatic carbocycles. The summed E-state index contributed by atoms with van der Waals surface area (Å²) in [5, 5.41) is 21.4. The number of halogens is 1. The summed E-state index contributed by atoms with van der Waals surface area (Å²) in [7, 11) is 1.46. The zero-order valence-corrected chi connectivity index (χ0v) is 12.6. The van der Waals surface area contributed by atoms with Crippen LogP contribution in [-0.2, 0) is 0 Å². The lowest BCUT2D eigenvalue weighted by Crippen LogP contribution is -2.26. The molecule has 0 aliphatic rings. The van der Waals surface area contributed by atoms with Crippen molar-refractivity contribution in [2.45, 2.75) is 0 Å². The first-order valence-electron chi connectivity index (χ1n) is 6.28. The van der Waals surface area contributed by atoms with Crippen molar-refractivity contribution in [3.8, 4) is 0 Å². The fraction of sp³-hybridized carbons (Fsp3) is 0.0714. The van der Waals surface area contributed by atoms with Gasteiger partial charge in [0.15, 0.2) is 5.02 Å². The van der Waals surface area contributed by atoms with Gasteiger partial charge in [0.05, 0.1) is 15.4 Å². The molecule has 0 unspecified atom stereocenters. The molecule has 0 N–H and O–H groups in total. The van der Waals surface area contributed by atoms with E-state index in [1.165, 1.54) is 11.9 Å². The van der Waals surface area contributed by atoms with Crippen LogP contribution in [0.15, 0.2) is 42.5 Å². The largest absolute Gasteiger partial charge is 0.311 e. The second-order valence-electron chi connectivity index (χ2n) is 4.54. The van der Waals surface area contributed by atoms with Gasteiger partial charge in [-0.15, -0.1) is 0 Å². The van der Waals surface area contributed by atoms with E-state index in [4.69, 9.17) is 11.6 Å². The fourth-order valence-electron chi connectivity index (χ4n) is 1.95. The van der Waals surface area contributed by atoms with Crippen molar-refractivity contribution in [1.82, 2.24) is 0 Å². The van der Waals surface area contributed by atoms with Gasteiger partial charge >= 0.3 is 0 Å². The van der Waals surface area contributed by atoms with E-state index in [9.17, 15) is 25.0 Å².